The van der Waals surface area contributed by atoms with Gasteiger partial charge >= 0.3 is 0 Å². The highest BCUT2D eigenvalue weighted by molar-refractivity contribution is 5.78. The highest BCUT2D eigenvalue weighted by Gasteiger charge is 2.16. The van der Waals surface area contributed by atoms with Crippen molar-refractivity contribution in [2.45, 2.75) is 13.0 Å². The van der Waals surface area contributed by atoms with Gasteiger partial charge in [0, 0.05) is 13.1 Å². The molecule has 0 spiro atoms. The SMILES string of the molecule is O=C1CNCCCN1Cc1cccc(O)c1. The van der Waals surface area contributed by atoms with Crippen molar-refractivity contribution in [2.24, 2.45) is 0 Å². The molecule has 1 amide bonds. The lowest BCUT2D eigenvalue weighted by Crippen LogP contribution is -2.34. The molecule has 0 atom stereocenters. The molecule has 1 aromatic carbocycles. The number of benzene rings is 1. The van der Waals surface area contributed by atoms with Crippen LogP contribution in [0.3, 0.4) is 0 Å². The van der Waals surface area contributed by atoms with Crippen LogP contribution in [0, 0.1) is 0 Å². The second kappa shape index (κ2) is 4.99. The monoisotopic (exact) mass is 220 g/mol. The first-order valence-electron chi connectivity index (χ1n) is 5.52. The van der Waals surface area contributed by atoms with Crippen LogP contribution in [0.4, 0.5) is 0 Å². The number of aromatic hydroxyl groups is 1. The maximum atomic E-state index is 11.7. The minimum Gasteiger partial charge on any atom is -0.508 e. The van der Waals surface area contributed by atoms with Crippen molar-refractivity contribution in [3.8, 4) is 5.75 Å². The highest BCUT2D eigenvalue weighted by atomic mass is 16.3. The van der Waals surface area contributed by atoms with E-state index >= 15 is 0 Å². The Labute approximate surface area is 94.9 Å². The molecule has 0 aromatic heterocycles. The van der Waals surface area contributed by atoms with E-state index in [9.17, 15) is 9.90 Å². The predicted octanol–water partition coefficient (Wildman–Crippen LogP) is 0.714. The van der Waals surface area contributed by atoms with Crippen molar-refractivity contribution in [3.63, 3.8) is 0 Å². The number of nitrogens with zero attached hydrogens (tertiary/aromatic N) is 1. The quantitative estimate of drug-likeness (QED) is 0.772. The van der Waals surface area contributed by atoms with Crippen LogP contribution in [-0.4, -0.2) is 35.5 Å². The van der Waals surface area contributed by atoms with Crippen LogP contribution in [-0.2, 0) is 11.3 Å². The standard InChI is InChI=1S/C12H16N2O2/c15-11-4-1-3-10(7-11)9-14-6-2-5-13-8-12(14)16/h1,3-4,7,13,15H,2,5-6,8-9H2. The average molecular weight is 220 g/mol. The van der Waals surface area contributed by atoms with Crippen LogP contribution >= 0.6 is 0 Å². The Morgan fingerprint density at radius 3 is 3.12 bits per heavy atom. The van der Waals surface area contributed by atoms with E-state index in [2.05, 4.69) is 5.32 Å². The number of carbonyl (C=O) groups is 1. The largest absolute Gasteiger partial charge is 0.508 e. The van der Waals surface area contributed by atoms with Crippen molar-refractivity contribution in [1.29, 1.82) is 0 Å². The fraction of sp³-hybridized carbons (Fsp3) is 0.417. The van der Waals surface area contributed by atoms with Gasteiger partial charge in [0.15, 0.2) is 0 Å². The Kier molecular flexibility index (Phi) is 3.41. The van der Waals surface area contributed by atoms with E-state index in [1.165, 1.54) is 0 Å². The summed E-state index contributed by atoms with van der Waals surface area (Å²) in [7, 11) is 0. The number of nitrogens with one attached hydrogen (secondary N) is 1. The van der Waals surface area contributed by atoms with E-state index in [4.69, 9.17) is 0 Å². The van der Waals surface area contributed by atoms with Gasteiger partial charge in [0.1, 0.15) is 5.75 Å². The van der Waals surface area contributed by atoms with Crippen molar-refractivity contribution >= 4 is 5.91 Å². The van der Waals surface area contributed by atoms with Crippen molar-refractivity contribution in [3.05, 3.63) is 29.8 Å². The van der Waals surface area contributed by atoms with Gasteiger partial charge in [-0.2, -0.15) is 0 Å². The number of hydrogen-bond acceptors (Lipinski definition) is 3. The summed E-state index contributed by atoms with van der Waals surface area (Å²) in [6, 6.07) is 7.05. The van der Waals surface area contributed by atoms with Gasteiger partial charge in [0.2, 0.25) is 5.91 Å². The summed E-state index contributed by atoms with van der Waals surface area (Å²) in [5.41, 5.74) is 0.968. The summed E-state index contributed by atoms with van der Waals surface area (Å²) in [4.78, 5) is 13.5. The summed E-state index contributed by atoms with van der Waals surface area (Å²) in [5.74, 6) is 0.374. The smallest absolute Gasteiger partial charge is 0.236 e. The molecule has 4 nitrogen and oxygen atoms in total. The minimum absolute atomic E-state index is 0.126. The highest BCUT2D eigenvalue weighted by Crippen LogP contribution is 2.13. The third kappa shape index (κ3) is 2.73. The molecular formula is C12H16N2O2. The fourth-order valence-corrected chi connectivity index (χ4v) is 1.87. The first-order chi connectivity index (χ1) is 7.75. The Morgan fingerprint density at radius 1 is 1.44 bits per heavy atom. The molecule has 2 rings (SSSR count). The van der Waals surface area contributed by atoms with Gasteiger partial charge in [0.05, 0.1) is 6.54 Å². The van der Waals surface area contributed by atoms with Crippen LogP contribution in [0.1, 0.15) is 12.0 Å². The lowest BCUT2D eigenvalue weighted by Gasteiger charge is -2.20. The zero-order valence-electron chi connectivity index (χ0n) is 9.15. The number of phenolic OH excluding ortho intramolecular Hbond substituents is 1. The number of rotatable bonds is 2. The Balaban J connectivity index is 2.05. The molecule has 0 aliphatic carbocycles. The van der Waals surface area contributed by atoms with E-state index in [1.54, 1.807) is 18.2 Å². The molecule has 1 aliphatic heterocycles. The average Bonchev–Trinajstić information content (AvgIpc) is 2.45. The number of hydrogen-bond donors (Lipinski definition) is 2. The molecule has 1 aliphatic rings. The first kappa shape index (κ1) is 11.0. The van der Waals surface area contributed by atoms with E-state index in [0.717, 1.165) is 25.1 Å². The third-order valence-corrected chi connectivity index (χ3v) is 2.69. The Bertz CT molecular complexity index is 379. The van der Waals surface area contributed by atoms with Crippen LogP contribution in [0.25, 0.3) is 0 Å². The molecule has 1 saturated heterocycles. The first-order valence-corrected chi connectivity index (χ1v) is 5.52. The topological polar surface area (TPSA) is 52.6 Å². The van der Waals surface area contributed by atoms with E-state index < -0.39 is 0 Å². The molecule has 16 heavy (non-hydrogen) atoms. The summed E-state index contributed by atoms with van der Waals surface area (Å²) < 4.78 is 0. The predicted molar refractivity (Wildman–Crippen MR) is 61.0 cm³/mol. The molecule has 1 aromatic rings. The molecule has 0 radical (unpaired) electrons. The molecule has 1 heterocycles. The Morgan fingerprint density at radius 2 is 2.31 bits per heavy atom. The summed E-state index contributed by atoms with van der Waals surface area (Å²) in [5, 5.41) is 12.4. The second-order valence-electron chi connectivity index (χ2n) is 4.02. The van der Waals surface area contributed by atoms with Crippen molar-refractivity contribution in [1.82, 2.24) is 10.2 Å². The lowest BCUT2D eigenvalue weighted by atomic mass is 10.2. The molecule has 2 N–H and O–H groups in total. The van der Waals surface area contributed by atoms with E-state index in [0.29, 0.717) is 13.1 Å². The van der Waals surface area contributed by atoms with Gasteiger partial charge in [-0.1, -0.05) is 12.1 Å². The zero-order valence-corrected chi connectivity index (χ0v) is 9.15. The van der Waals surface area contributed by atoms with Gasteiger partial charge < -0.3 is 15.3 Å². The van der Waals surface area contributed by atoms with Gasteiger partial charge in [0.25, 0.3) is 0 Å². The summed E-state index contributed by atoms with van der Waals surface area (Å²) in [6.07, 6.45) is 0.977. The maximum absolute atomic E-state index is 11.7. The van der Waals surface area contributed by atoms with Gasteiger partial charge in [-0.05, 0) is 30.7 Å². The zero-order chi connectivity index (χ0) is 11.4. The van der Waals surface area contributed by atoms with Crippen LogP contribution in [0.5, 0.6) is 5.75 Å². The molecule has 0 unspecified atom stereocenters. The van der Waals surface area contributed by atoms with Crippen molar-refractivity contribution in [2.75, 3.05) is 19.6 Å². The molecule has 1 fully saturated rings. The van der Waals surface area contributed by atoms with Crippen LogP contribution < -0.4 is 5.32 Å². The molecular weight excluding hydrogens is 204 g/mol. The molecule has 0 bridgehead atoms. The lowest BCUT2D eigenvalue weighted by molar-refractivity contribution is -0.130. The number of amides is 1. The number of carbonyl (C=O) groups excluding carboxylic acids is 1. The normalized spacial score (nSPS) is 17.2. The third-order valence-electron chi connectivity index (χ3n) is 2.69. The summed E-state index contributed by atoms with van der Waals surface area (Å²) >= 11 is 0. The molecule has 86 valence electrons. The maximum Gasteiger partial charge on any atom is 0.236 e. The van der Waals surface area contributed by atoms with Gasteiger partial charge in [-0.15, -0.1) is 0 Å². The fourth-order valence-electron chi connectivity index (χ4n) is 1.87. The molecule has 4 heteroatoms. The van der Waals surface area contributed by atoms with Crippen LogP contribution in [0.15, 0.2) is 24.3 Å². The van der Waals surface area contributed by atoms with Crippen LogP contribution in [0.2, 0.25) is 0 Å². The summed E-state index contributed by atoms with van der Waals surface area (Å²) in [6.45, 7) is 2.66. The Hall–Kier alpha value is -1.55. The van der Waals surface area contributed by atoms with Gasteiger partial charge in [-0.3, -0.25) is 4.79 Å². The minimum atomic E-state index is 0.126. The van der Waals surface area contributed by atoms with E-state index in [-0.39, 0.29) is 11.7 Å². The number of phenols is 1. The van der Waals surface area contributed by atoms with E-state index in [1.807, 2.05) is 11.0 Å². The molecule has 0 saturated carbocycles. The van der Waals surface area contributed by atoms with Crippen molar-refractivity contribution < 1.29 is 9.90 Å². The second-order valence-corrected chi connectivity index (χ2v) is 4.02. The van der Waals surface area contributed by atoms with Gasteiger partial charge in [-0.25, -0.2) is 0 Å².